The average molecular weight is 314 g/mol. The van der Waals surface area contributed by atoms with Crippen molar-refractivity contribution < 1.29 is 14.4 Å². The van der Waals surface area contributed by atoms with Crippen molar-refractivity contribution in [2.75, 3.05) is 0 Å². The van der Waals surface area contributed by atoms with E-state index in [1.165, 1.54) is 17.7 Å². The topological polar surface area (TPSA) is 65.7 Å². The molecule has 0 saturated heterocycles. The first-order valence-electron chi connectivity index (χ1n) is 7.57. The molecule has 0 radical (unpaired) electrons. The first kappa shape index (κ1) is 17.0. The largest absolute Gasteiger partial charge is 0.460 e. The highest BCUT2D eigenvalue weighted by molar-refractivity contribution is 5.90. The van der Waals surface area contributed by atoms with E-state index in [9.17, 15) is 4.79 Å². The Morgan fingerprint density at radius 3 is 2.61 bits per heavy atom. The predicted octanol–water partition coefficient (Wildman–Crippen LogP) is 3.21. The molecule has 0 bridgehead atoms. The Hall–Kier alpha value is -2.37. The van der Waals surface area contributed by atoms with Crippen LogP contribution in [-0.2, 0) is 17.9 Å². The summed E-state index contributed by atoms with van der Waals surface area (Å²) in [4.78, 5) is 13.3. The molecular weight excluding hydrogens is 292 g/mol. The number of furan rings is 1. The maximum absolute atomic E-state index is 11.0. The van der Waals surface area contributed by atoms with Gasteiger partial charge in [0.05, 0.1) is 6.54 Å². The monoisotopic (exact) mass is 314 g/mol. The van der Waals surface area contributed by atoms with E-state index in [0.717, 1.165) is 12.3 Å². The van der Waals surface area contributed by atoms with Crippen LogP contribution in [0.3, 0.4) is 0 Å². The molecule has 0 saturated carbocycles. The summed E-state index contributed by atoms with van der Waals surface area (Å²) in [5.41, 5.74) is 2.80. The molecule has 0 spiro atoms. The van der Waals surface area contributed by atoms with Crippen molar-refractivity contribution in [3.05, 3.63) is 65.6 Å². The molecule has 0 aliphatic rings. The van der Waals surface area contributed by atoms with Crippen LogP contribution < -0.4 is 5.48 Å². The standard InChI is InChI=1S/C18H22N2O3/c1-14(2)20(12-15-6-4-3-5-7-15)13-17-9-8-16(23-17)10-11-18(21)19-22/h3-11,14,22H,12-13H2,1-2H3,(H,19,21)/b11-10+. The summed E-state index contributed by atoms with van der Waals surface area (Å²) in [5.74, 6) is 0.821. The molecule has 5 nitrogen and oxygen atoms in total. The Kier molecular flexibility index (Phi) is 6.14. The van der Waals surface area contributed by atoms with E-state index in [1.807, 2.05) is 24.3 Å². The highest BCUT2D eigenvalue weighted by Gasteiger charge is 2.13. The minimum atomic E-state index is -0.587. The molecular formula is C18H22N2O3. The quantitative estimate of drug-likeness (QED) is 0.468. The van der Waals surface area contributed by atoms with Crippen LogP contribution in [0.5, 0.6) is 0 Å². The van der Waals surface area contributed by atoms with Crippen LogP contribution in [0.2, 0.25) is 0 Å². The number of rotatable bonds is 7. The number of hydrogen-bond acceptors (Lipinski definition) is 4. The SMILES string of the molecule is CC(C)N(Cc1ccccc1)Cc1ccc(/C=C/C(=O)NO)o1. The number of hydroxylamine groups is 1. The summed E-state index contributed by atoms with van der Waals surface area (Å²) in [6.07, 6.45) is 2.73. The number of nitrogens with one attached hydrogen (secondary N) is 1. The third kappa shape index (κ3) is 5.39. The van der Waals surface area contributed by atoms with Crippen LogP contribution in [0.1, 0.15) is 30.9 Å². The Morgan fingerprint density at radius 1 is 1.22 bits per heavy atom. The number of benzene rings is 1. The van der Waals surface area contributed by atoms with Gasteiger partial charge in [0.2, 0.25) is 0 Å². The van der Waals surface area contributed by atoms with Gasteiger partial charge >= 0.3 is 0 Å². The third-order valence-electron chi connectivity index (χ3n) is 3.51. The highest BCUT2D eigenvalue weighted by Crippen LogP contribution is 2.16. The van der Waals surface area contributed by atoms with Gasteiger partial charge in [-0.1, -0.05) is 30.3 Å². The van der Waals surface area contributed by atoms with E-state index in [1.54, 1.807) is 11.5 Å². The Labute approximate surface area is 136 Å². The molecule has 0 aliphatic heterocycles. The molecule has 2 N–H and O–H groups in total. The van der Waals surface area contributed by atoms with Crippen molar-refractivity contribution in [1.82, 2.24) is 10.4 Å². The summed E-state index contributed by atoms with van der Waals surface area (Å²) in [5, 5.41) is 8.45. The molecule has 1 aromatic carbocycles. The van der Waals surface area contributed by atoms with Gasteiger partial charge in [-0.05, 0) is 37.6 Å². The third-order valence-corrected chi connectivity index (χ3v) is 3.51. The van der Waals surface area contributed by atoms with Crippen LogP contribution in [-0.4, -0.2) is 22.1 Å². The molecule has 1 amide bonds. The van der Waals surface area contributed by atoms with Crippen molar-refractivity contribution in [2.45, 2.75) is 33.0 Å². The van der Waals surface area contributed by atoms with Crippen molar-refractivity contribution >= 4 is 12.0 Å². The lowest BCUT2D eigenvalue weighted by Gasteiger charge is -2.25. The number of carbonyl (C=O) groups excluding carboxylic acids is 1. The molecule has 0 unspecified atom stereocenters. The Morgan fingerprint density at radius 2 is 1.96 bits per heavy atom. The normalized spacial score (nSPS) is 11.5. The zero-order valence-corrected chi connectivity index (χ0v) is 13.4. The second kappa shape index (κ2) is 8.31. The number of hydrogen-bond donors (Lipinski definition) is 2. The van der Waals surface area contributed by atoms with Gasteiger partial charge in [-0.25, -0.2) is 5.48 Å². The smallest absolute Gasteiger partial charge is 0.267 e. The van der Waals surface area contributed by atoms with Crippen LogP contribution >= 0.6 is 0 Å². The lowest BCUT2D eigenvalue weighted by Crippen LogP contribution is -2.29. The minimum absolute atomic E-state index is 0.375. The van der Waals surface area contributed by atoms with Gasteiger partial charge < -0.3 is 4.42 Å². The van der Waals surface area contributed by atoms with Crippen molar-refractivity contribution in [2.24, 2.45) is 0 Å². The summed E-state index contributed by atoms with van der Waals surface area (Å²) in [7, 11) is 0. The van der Waals surface area contributed by atoms with E-state index in [-0.39, 0.29) is 0 Å². The van der Waals surface area contributed by atoms with E-state index in [2.05, 4.69) is 30.9 Å². The van der Waals surface area contributed by atoms with Gasteiger partial charge in [-0.3, -0.25) is 14.9 Å². The lowest BCUT2D eigenvalue weighted by molar-refractivity contribution is -0.124. The maximum Gasteiger partial charge on any atom is 0.267 e. The second-order valence-corrected chi connectivity index (χ2v) is 5.60. The fraction of sp³-hybridized carbons (Fsp3) is 0.278. The van der Waals surface area contributed by atoms with E-state index >= 15 is 0 Å². The molecule has 1 heterocycles. The summed E-state index contributed by atoms with van der Waals surface area (Å²) in [6.45, 7) is 5.83. The van der Waals surface area contributed by atoms with Gasteiger partial charge in [0, 0.05) is 18.7 Å². The summed E-state index contributed by atoms with van der Waals surface area (Å²) < 4.78 is 5.71. The maximum atomic E-state index is 11.0. The van der Waals surface area contributed by atoms with Crippen molar-refractivity contribution in [3.63, 3.8) is 0 Å². The molecule has 5 heteroatoms. The van der Waals surface area contributed by atoms with E-state index in [4.69, 9.17) is 9.62 Å². The van der Waals surface area contributed by atoms with Gasteiger partial charge in [0.15, 0.2) is 0 Å². The number of carbonyl (C=O) groups is 1. The van der Waals surface area contributed by atoms with Gasteiger partial charge in [0.25, 0.3) is 5.91 Å². The van der Waals surface area contributed by atoms with Crippen LogP contribution in [0.25, 0.3) is 6.08 Å². The zero-order valence-electron chi connectivity index (χ0n) is 13.4. The Balaban J connectivity index is 2.02. The zero-order chi connectivity index (χ0) is 16.7. The van der Waals surface area contributed by atoms with Crippen LogP contribution in [0.15, 0.2) is 53.0 Å². The molecule has 2 rings (SSSR count). The average Bonchev–Trinajstić information content (AvgIpc) is 3.00. The van der Waals surface area contributed by atoms with Crippen molar-refractivity contribution in [1.29, 1.82) is 0 Å². The molecule has 1 aromatic heterocycles. The van der Waals surface area contributed by atoms with Gasteiger partial charge in [-0.2, -0.15) is 0 Å². The molecule has 0 atom stereocenters. The van der Waals surface area contributed by atoms with E-state index in [0.29, 0.717) is 18.3 Å². The van der Waals surface area contributed by atoms with Gasteiger partial charge in [0.1, 0.15) is 11.5 Å². The van der Waals surface area contributed by atoms with Crippen LogP contribution in [0, 0.1) is 0 Å². The highest BCUT2D eigenvalue weighted by atomic mass is 16.5. The van der Waals surface area contributed by atoms with Gasteiger partial charge in [-0.15, -0.1) is 0 Å². The predicted molar refractivity (Wildman–Crippen MR) is 88.5 cm³/mol. The Bertz CT molecular complexity index is 647. The fourth-order valence-electron chi connectivity index (χ4n) is 2.20. The number of nitrogens with zero attached hydrogens (tertiary/aromatic N) is 1. The fourth-order valence-corrected chi connectivity index (χ4v) is 2.20. The van der Waals surface area contributed by atoms with Crippen LogP contribution in [0.4, 0.5) is 0 Å². The molecule has 122 valence electrons. The molecule has 0 aliphatic carbocycles. The summed E-state index contributed by atoms with van der Waals surface area (Å²) in [6, 6.07) is 14.4. The first-order chi connectivity index (χ1) is 11.1. The second-order valence-electron chi connectivity index (χ2n) is 5.60. The van der Waals surface area contributed by atoms with E-state index < -0.39 is 5.91 Å². The summed E-state index contributed by atoms with van der Waals surface area (Å²) >= 11 is 0. The number of amides is 1. The minimum Gasteiger partial charge on any atom is -0.460 e. The molecule has 2 aromatic rings. The van der Waals surface area contributed by atoms with Crippen molar-refractivity contribution in [3.8, 4) is 0 Å². The first-order valence-corrected chi connectivity index (χ1v) is 7.57. The molecule has 23 heavy (non-hydrogen) atoms. The molecule has 0 fully saturated rings. The lowest BCUT2D eigenvalue weighted by atomic mass is 10.2.